The van der Waals surface area contributed by atoms with E-state index in [1.807, 2.05) is 18.2 Å². The number of nitrogens with zero attached hydrogens (tertiary/aromatic N) is 1. The molecule has 3 heterocycles. The van der Waals surface area contributed by atoms with Crippen molar-refractivity contribution in [3.63, 3.8) is 0 Å². The molecule has 3 aromatic rings. The molecule has 0 saturated carbocycles. The van der Waals surface area contributed by atoms with E-state index >= 15 is 0 Å². The van der Waals surface area contributed by atoms with Gasteiger partial charge >= 0.3 is 0 Å². The average molecular weight is 361 g/mol. The second kappa shape index (κ2) is 6.43. The number of anilines is 1. The number of carbonyl (C=O) groups is 2. The SMILES string of the molecule is Nc1ccccc1C#Cc1cncc2cc(C=C3SC(=O)NC3=O)oc12. The van der Waals surface area contributed by atoms with E-state index < -0.39 is 11.1 Å². The quantitative estimate of drug-likeness (QED) is 0.392. The van der Waals surface area contributed by atoms with Crippen LogP contribution in [0.3, 0.4) is 0 Å². The standard InChI is InChI=1S/C19H11N3O3S/c20-15-4-2-1-3-11(15)5-6-12-9-21-10-13-7-14(25-17(12)13)8-16-18(23)22-19(24)26-16/h1-4,7-10H,20H2,(H,22,23,24). The summed E-state index contributed by atoms with van der Waals surface area (Å²) in [6, 6.07) is 9.07. The normalized spacial score (nSPS) is 15.2. The van der Waals surface area contributed by atoms with Crippen LogP contribution in [0, 0.1) is 11.8 Å². The zero-order valence-electron chi connectivity index (χ0n) is 13.3. The molecular weight excluding hydrogens is 350 g/mol. The number of amides is 2. The lowest BCUT2D eigenvalue weighted by Crippen LogP contribution is -2.17. The Bertz CT molecular complexity index is 1150. The minimum atomic E-state index is -0.432. The van der Waals surface area contributed by atoms with Crippen LogP contribution in [0.1, 0.15) is 16.9 Å². The van der Waals surface area contributed by atoms with Gasteiger partial charge in [0.1, 0.15) is 5.76 Å². The maximum absolute atomic E-state index is 11.7. The van der Waals surface area contributed by atoms with Gasteiger partial charge < -0.3 is 10.2 Å². The fourth-order valence-corrected chi connectivity index (χ4v) is 3.10. The molecule has 0 radical (unpaired) electrons. The monoisotopic (exact) mass is 361 g/mol. The molecule has 3 N–H and O–H groups in total. The highest BCUT2D eigenvalue weighted by Crippen LogP contribution is 2.28. The molecule has 126 valence electrons. The smallest absolute Gasteiger partial charge is 0.290 e. The fourth-order valence-electron chi connectivity index (χ4n) is 2.44. The third kappa shape index (κ3) is 3.06. The van der Waals surface area contributed by atoms with Crippen LogP contribution >= 0.6 is 11.8 Å². The number of para-hydroxylation sites is 1. The van der Waals surface area contributed by atoms with Gasteiger partial charge in [-0.2, -0.15) is 0 Å². The van der Waals surface area contributed by atoms with Crippen LogP contribution in [0.2, 0.25) is 0 Å². The number of nitrogen functional groups attached to an aromatic ring is 1. The Morgan fingerprint density at radius 2 is 1.96 bits per heavy atom. The molecular formula is C19H11N3O3S. The minimum absolute atomic E-state index is 0.284. The van der Waals surface area contributed by atoms with Gasteiger partial charge in [0.25, 0.3) is 11.1 Å². The van der Waals surface area contributed by atoms with Gasteiger partial charge in [-0.15, -0.1) is 0 Å². The van der Waals surface area contributed by atoms with E-state index in [4.69, 9.17) is 10.2 Å². The Labute approximate surface area is 152 Å². The molecule has 1 aliphatic heterocycles. The van der Waals surface area contributed by atoms with Crippen molar-refractivity contribution >= 4 is 45.6 Å². The third-order valence-corrected chi connectivity index (χ3v) is 4.46. The number of rotatable bonds is 1. The molecule has 1 fully saturated rings. The van der Waals surface area contributed by atoms with Crippen molar-refractivity contribution in [2.45, 2.75) is 0 Å². The van der Waals surface area contributed by atoms with Crippen molar-refractivity contribution in [1.82, 2.24) is 10.3 Å². The lowest BCUT2D eigenvalue weighted by molar-refractivity contribution is -0.115. The number of fused-ring (bicyclic) bond motifs is 1. The molecule has 0 atom stereocenters. The lowest BCUT2D eigenvalue weighted by atomic mass is 10.1. The first-order chi connectivity index (χ1) is 12.6. The van der Waals surface area contributed by atoms with Gasteiger partial charge in [0.2, 0.25) is 0 Å². The average Bonchev–Trinajstić information content (AvgIpc) is 3.17. The largest absolute Gasteiger partial charge is 0.455 e. The maximum Gasteiger partial charge on any atom is 0.290 e. The Hall–Kier alpha value is -3.50. The molecule has 6 nitrogen and oxygen atoms in total. The molecule has 0 spiro atoms. The number of carbonyl (C=O) groups excluding carboxylic acids is 2. The van der Waals surface area contributed by atoms with Crippen LogP contribution in [-0.2, 0) is 4.79 Å². The van der Waals surface area contributed by atoms with Crippen LogP contribution in [0.15, 0.2) is 52.0 Å². The highest BCUT2D eigenvalue weighted by molar-refractivity contribution is 8.18. The van der Waals surface area contributed by atoms with E-state index in [1.165, 1.54) is 6.08 Å². The van der Waals surface area contributed by atoms with Crippen molar-refractivity contribution in [2.24, 2.45) is 0 Å². The van der Waals surface area contributed by atoms with E-state index in [0.29, 0.717) is 22.6 Å². The summed E-state index contributed by atoms with van der Waals surface area (Å²) in [6.07, 6.45) is 4.78. The Morgan fingerprint density at radius 3 is 2.73 bits per heavy atom. The highest BCUT2D eigenvalue weighted by Gasteiger charge is 2.25. The molecule has 7 heteroatoms. The first-order valence-corrected chi connectivity index (χ1v) is 8.41. The molecule has 1 aromatic carbocycles. The first-order valence-electron chi connectivity index (χ1n) is 7.59. The highest BCUT2D eigenvalue weighted by atomic mass is 32.2. The predicted octanol–water partition coefficient (Wildman–Crippen LogP) is 3.13. The number of benzene rings is 1. The van der Waals surface area contributed by atoms with E-state index in [0.717, 1.165) is 22.7 Å². The van der Waals surface area contributed by atoms with Gasteiger partial charge in [0, 0.05) is 35.1 Å². The molecule has 2 amide bonds. The van der Waals surface area contributed by atoms with Crippen LogP contribution < -0.4 is 11.1 Å². The number of thioether (sulfide) groups is 1. The minimum Gasteiger partial charge on any atom is -0.455 e. The molecule has 2 aromatic heterocycles. The summed E-state index contributed by atoms with van der Waals surface area (Å²) >= 11 is 0.836. The number of nitrogens with two attached hydrogens (primary N) is 1. The maximum atomic E-state index is 11.7. The van der Waals surface area contributed by atoms with E-state index in [2.05, 4.69) is 22.1 Å². The Kier molecular flexibility index (Phi) is 3.95. The van der Waals surface area contributed by atoms with Gasteiger partial charge in [-0.05, 0) is 30.0 Å². The van der Waals surface area contributed by atoms with Crippen LogP contribution in [-0.4, -0.2) is 16.1 Å². The number of aromatic nitrogens is 1. The molecule has 1 aliphatic rings. The van der Waals surface area contributed by atoms with E-state index in [9.17, 15) is 9.59 Å². The molecule has 0 bridgehead atoms. The zero-order chi connectivity index (χ0) is 18.1. The molecule has 0 unspecified atom stereocenters. The van der Waals surface area contributed by atoms with Crippen molar-refractivity contribution in [2.75, 3.05) is 5.73 Å². The third-order valence-electron chi connectivity index (χ3n) is 3.65. The summed E-state index contributed by atoms with van der Waals surface area (Å²) in [4.78, 5) is 27.4. The summed E-state index contributed by atoms with van der Waals surface area (Å²) < 4.78 is 5.81. The second-order valence-corrected chi connectivity index (χ2v) is 6.46. The summed E-state index contributed by atoms with van der Waals surface area (Å²) in [6.45, 7) is 0. The number of hydrogen-bond donors (Lipinski definition) is 2. The van der Waals surface area contributed by atoms with E-state index in [-0.39, 0.29) is 4.91 Å². The zero-order valence-corrected chi connectivity index (χ0v) is 14.1. The summed E-state index contributed by atoms with van der Waals surface area (Å²) in [5.74, 6) is 6.05. The lowest BCUT2D eigenvalue weighted by Gasteiger charge is -1.95. The van der Waals surface area contributed by atoms with E-state index in [1.54, 1.807) is 24.5 Å². The molecule has 26 heavy (non-hydrogen) atoms. The van der Waals surface area contributed by atoms with Crippen molar-refractivity contribution < 1.29 is 14.0 Å². The molecule has 0 aliphatic carbocycles. The number of imide groups is 1. The van der Waals surface area contributed by atoms with Crippen molar-refractivity contribution in [3.8, 4) is 11.8 Å². The van der Waals surface area contributed by atoms with Crippen LogP contribution in [0.25, 0.3) is 17.0 Å². The van der Waals surface area contributed by atoms with Gasteiger partial charge in [-0.25, -0.2) is 0 Å². The van der Waals surface area contributed by atoms with Crippen LogP contribution in [0.5, 0.6) is 0 Å². The van der Waals surface area contributed by atoms with Gasteiger partial charge in [0.15, 0.2) is 5.58 Å². The van der Waals surface area contributed by atoms with Gasteiger partial charge in [0.05, 0.1) is 10.5 Å². The molecule has 1 saturated heterocycles. The Balaban J connectivity index is 1.73. The van der Waals surface area contributed by atoms with Gasteiger partial charge in [-0.3, -0.25) is 19.9 Å². The fraction of sp³-hybridized carbons (Fsp3) is 0. The number of pyridine rings is 1. The number of furan rings is 1. The number of nitrogens with one attached hydrogen (secondary N) is 1. The van der Waals surface area contributed by atoms with Gasteiger partial charge in [-0.1, -0.05) is 24.0 Å². The van der Waals surface area contributed by atoms with Crippen molar-refractivity contribution in [3.05, 3.63) is 64.5 Å². The Morgan fingerprint density at radius 1 is 1.15 bits per heavy atom. The summed E-state index contributed by atoms with van der Waals surface area (Å²) in [5.41, 5.74) is 8.38. The topological polar surface area (TPSA) is 98.2 Å². The second-order valence-electron chi connectivity index (χ2n) is 5.44. The molecule has 4 rings (SSSR count). The van der Waals surface area contributed by atoms with Crippen molar-refractivity contribution in [1.29, 1.82) is 0 Å². The van der Waals surface area contributed by atoms with Crippen LogP contribution in [0.4, 0.5) is 10.5 Å². The summed E-state index contributed by atoms with van der Waals surface area (Å²) in [7, 11) is 0. The predicted molar refractivity (Wildman–Crippen MR) is 100.0 cm³/mol. The number of hydrogen-bond acceptors (Lipinski definition) is 6. The summed E-state index contributed by atoms with van der Waals surface area (Å²) in [5, 5.41) is 2.56. The first kappa shape index (κ1) is 16.0.